The molecule has 0 unspecified atom stereocenters. The van der Waals surface area contributed by atoms with Crippen molar-refractivity contribution in [2.75, 3.05) is 12.4 Å². The average Bonchev–Trinajstić information content (AvgIpc) is 2.80. The molecule has 0 aliphatic heterocycles. The molecule has 108 valence electrons. The van der Waals surface area contributed by atoms with Crippen molar-refractivity contribution in [1.82, 2.24) is 19.5 Å². The lowest BCUT2D eigenvalue weighted by Gasteiger charge is -2.08. The minimum atomic E-state index is 0.493. The van der Waals surface area contributed by atoms with Gasteiger partial charge in [0, 0.05) is 26.0 Å². The summed E-state index contributed by atoms with van der Waals surface area (Å²) >= 11 is 0. The maximum Gasteiger partial charge on any atom is 0.257 e. The lowest BCUT2D eigenvalue weighted by atomic mass is 10.2. The Morgan fingerprint density at radius 2 is 2.05 bits per heavy atom. The first-order chi connectivity index (χ1) is 10.2. The van der Waals surface area contributed by atoms with E-state index in [0.717, 1.165) is 22.4 Å². The molecule has 1 aromatic carbocycles. The SMILES string of the molecule is COc1nccnc1NCc1ccc2c(c1)nc(C)n2C. The number of hydrogen-bond acceptors (Lipinski definition) is 5. The van der Waals surface area contributed by atoms with E-state index >= 15 is 0 Å². The predicted molar refractivity (Wildman–Crippen MR) is 81.4 cm³/mol. The molecule has 0 aliphatic rings. The van der Waals surface area contributed by atoms with Gasteiger partial charge in [-0.2, -0.15) is 0 Å². The lowest BCUT2D eigenvalue weighted by Crippen LogP contribution is -2.04. The van der Waals surface area contributed by atoms with Crippen LogP contribution in [0.25, 0.3) is 11.0 Å². The van der Waals surface area contributed by atoms with Crippen molar-refractivity contribution >= 4 is 16.9 Å². The van der Waals surface area contributed by atoms with Crippen molar-refractivity contribution in [3.05, 3.63) is 42.0 Å². The van der Waals surface area contributed by atoms with E-state index in [1.165, 1.54) is 0 Å². The van der Waals surface area contributed by atoms with E-state index in [4.69, 9.17) is 4.74 Å². The smallest absolute Gasteiger partial charge is 0.257 e. The Bertz CT molecular complexity index is 781. The summed E-state index contributed by atoms with van der Waals surface area (Å²) in [6.07, 6.45) is 3.24. The van der Waals surface area contributed by atoms with Gasteiger partial charge < -0.3 is 14.6 Å². The highest BCUT2D eigenvalue weighted by atomic mass is 16.5. The molecule has 3 rings (SSSR count). The highest BCUT2D eigenvalue weighted by molar-refractivity contribution is 5.76. The van der Waals surface area contributed by atoms with Gasteiger partial charge in [0.05, 0.1) is 18.1 Å². The summed E-state index contributed by atoms with van der Waals surface area (Å²) in [6, 6.07) is 6.25. The number of benzene rings is 1. The molecule has 0 saturated carbocycles. The zero-order valence-electron chi connectivity index (χ0n) is 12.3. The Balaban J connectivity index is 1.82. The second-order valence-corrected chi connectivity index (χ2v) is 4.81. The molecule has 3 aromatic rings. The number of aryl methyl sites for hydroxylation is 2. The standard InChI is InChI=1S/C15H17N5O/c1-10-19-12-8-11(4-5-13(12)20(10)2)9-18-14-15(21-3)17-7-6-16-14/h4-8H,9H2,1-3H3,(H,16,18). The molecule has 0 bridgehead atoms. The number of nitrogens with zero attached hydrogens (tertiary/aromatic N) is 4. The topological polar surface area (TPSA) is 64.9 Å². The van der Waals surface area contributed by atoms with Crippen LogP contribution in [-0.4, -0.2) is 26.6 Å². The van der Waals surface area contributed by atoms with Gasteiger partial charge in [-0.15, -0.1) is 0 Å². The second kappa shape index (κ2) is 5.40. The molecule has 2 heterocycles. The molecule has 2 aromatic heterocycles. The fourth-order valence-corrected chi connectivity index (χ4v) is 2.26. The summed E-state index contributed by atoms with van der Waals surface area (Å²) in [5, 5.41) is 3.23. The predicted octanol–water partition coefficient (Wildman–Crippen LogP) is 2.29. The average molecular weight is 283 g/mol. The monoisotopic (exact) mass is 283 g/mol. The third kappa shape index (κ3) is 2.52. The highest BCUT2D eigenvalue weighted by Crippen LogP contribution is 2.20. The van der Waals surface area contributed by atoms with Gasteiger partial charge in [0.25, 0.3) is 5.88 Å². The lowest BCUT2D eigenvalue weighted by molar-refractivity contribution is 0.398. The van der Waals surface area contributed by atoms with E-state index < -0.39 is 0 Å². The van der Waals surface area contributed by atoms with Crippen molar-refractivity contribution in [1.29, 1.82) is 0 Å². The van der Waals surface area contributed by atoms with E-state index in [2.05, 4.69) is 43.0 Å². The molecule has 0 atom stereocenters. The van der Waals surface area contributed by atoms with Gasteiger partial charge in [0.2, 0.25) is 0 Å². The minimum absolute atomic E-state index is 0.493. The summed E-state index contributed by atoms with van der Waals surface area (Å²) in [5.41, 5.74) is 3.27. The van der Waals surface area contributed by atoms with Crippen LogP contribution in [0.2, 0.25) is 0 Å². The number of anilines is 1. The van der Waals surface area contributed by atoms with Crippen LogP contribution in [0.3, 0.4) is 0 Å². The molecule has 0 amide bonds. The highest BCUT2D eigenvalue weighted by Gasteiger charge is 2.07. The van der Waals surface area contributed by atoms with Gasteiger partial charge >= 0.3 is 0 Å². The molecule has 0 fully saturated rings. The Hall–Kier alpha value is -2.63. The summed E-state index contributed by atoms with van der Waals surface area (Å²) in [4.78, 5) is 12.9. The molecule has 6 heteroatoms. The molecule has 0 spiro atoms. The van der Waals surface area contributed by atoms with Crippen LogP contribution in [0.15, 0.2) is 30.6 Å². The van der Waals surface area contributed by atoms with Crippen LogP contribution in [0.1, 0.15) is 11.4 Å². The van der Waals surface area contributed by atoms with Gasteiger partial charge in [-0.25, -0.2) is 15.0 Å². The van der Waals surface area contributed by atoms with Gasteiger partial charge in [-0.1, -0.05) is 6.07 Å². The summed E-state index contributed by atoms with van der Waals surface area (Å²) in [5.74, 6) is 2.13. The van der Waals surface area contributed by atoms with E-state index in [-0.39, 0.29) is 0 Å². The van der Waals surface area contributed by atoms with Gasteiger partial charge in [-0.05, 0) is 24.6 Å². The summed E-state index contributed by atoms with van der Waals surface area (Å²) in [7, 11) is 3.60. The normalized spacial score (nSPS) is 10.8. The first-order valence-corrected chi connectivity index (χ1v) is 6.70. The second-order valence-electron chi connectivity index (χ2n) is 4.81. The largest absolute Gasteiger partial charge is 0.478 e. The molecular formula is C15H17N5O. The van der Waals surface area contributed by atoms with Crippen LogP contribution >= 0.6 is 0 Å². The molecule has 21 heavy (non-hydrogen) atoms. The molecule has 0 saturated heterocycles. The van der Waals surface area contributed by atoms with E-state index in [0.29, 0.717) is 18.2 Å². The number of rotatable bonds is 4. The molecule has 0 radical (unpaired) electrons. The van der Waals surface area contributed by atoms with Crippen molar-refractivity contribution in [2.45, 2.75) is 13.5 Å². The fourth-order valence-electron chi connectivity index (χ4n) is 2.26. The quantitative estimate of drug-likeness (QED) is 0.796. The molecular weight excluding hydrogens is 266 g/mol. The Labute approximate surface area is 122 Å². The Morgan fingerprint density at radius 1 is 1.24 bits per heavy atom. The number of imidazole rings is 1. The van der Waals surface area contributed by atoms with E-state index in [9.17, 15) is 0 Å². The van der Waals surface area contributed by atoms with Gasteiger partial charge in [-0.3, -0.25) is 0 Å². The molecule has 1 N–H and O–H groups in total. The first kappa shape index (κ1) is 13.4. The van der Waals surface area contributed by atoms with Crippen LogP contribution in [-0.2, 0) is 13.6 Å². The summed E-state index contributed by atoms with van der Waals surface area (Å²) < 4.78 is 7.25. The number of methoxy groups -OCH3 is 1. The van der Waals surface area contributed by atoms with Gasteiger partial charge in [0.15, 0.2) is 5.82 Å². The third-order valence-corrected chi connectivity index (χ3v) is 3.49. The van der Waals surface area contributed by atoms with Crippen LogP contribution < -0.4 is 10.1 Å². The number of fused-ring (bicyclic) bond motifs is 1. The number of hydrogen-bond donors (Lipinski definition) is 1. The Morgan fingerprint density at radius 3 is 2.86 bits per heavy atom. The van der Waals surface area contributed by atoms with Gasteiger partial charge in [0.1, 0.15) is 5.82 Å². The van der Waals surface area contributed by atoms with Crippen molar-refractivity contribution in [3.8, 4) is 5.88 Å². The van der Waals surface area contributed by atoms with E-state index in [1.807, 2.05) is 14.0 Å². The fraction of sp³-hybridized carbons (Fsp3) is 0.267. The van der Waals surface area contributed by atoms with Crippen molar-refractivity contribution < 1.29 is 4.74 Å². The van der Waals surface area contributed by atoms with Crippen molar-refractivity contribution in [2.24, 2.45) is 7.05 Å². The van der Waals surface area contributed by atoms with Crippen LogP contribution in [0.4, 0.5) is 5.82 Å². The minimum Gasteiger partial charge on any atom is -0.478 e. The van der Waals surface area contributed by atoms with Crippen molar-refractivity contribution in [3.63, 3.8) is 0 Å². The van der Waals surface area contributed by atoms with Crippen LogP contribution in [0.5, 0.6) is 5.88 Å². The number of nitrogens with one attached hydrogen (secondary N) is 1. The Kier molecular flexibility index (Phi) is 3.43. The molecule has 6 nitrogen and oxygen atoms in total. The molecule has 0 aliphatic carbocycles. The summed E-state index contributed by atoms with van der Waals surface area (Å²) in [6.45, 7) is 2.64. The number of ether oxygens (including phenoxy) is 1. The number of aromatic nitrogens is 4. The maximum absolute atomic E-state index is 5.17. The van der Waals surface area contributed by atoms with Crippen LogP contribution in [0, 0.1) is 6.92 Å². The van der Waals surface area contributed by atoms with E-state index in [1.54, 1.807) is 19.5 Å². The first-order valence-electron chi connectivity index (χ1n) is 6.70. The zero-order chi connectivity index (χ0) is 14.8. The maximum atomic E-state index is 5.17. The third-order valence-electron chi connectivity index (χ3n) is 3.49. The zero-order valence-corrected chi connectivity index (χ0v) is 12.3.